The van der Waals surface area contributed by atoms with Crippen LogP contribution in [-0.4, -0.2) is 38.1 Å². The highest BCUT2D eigenvalue weighted by atomic mass is 16.7. The van der Waals surface area contributed by atoms with E-state index in [9.17, 15) is 19.8 Å². The van der Waals surface area contributed by atoms with Gasteiger partial charge in [-0.1, -0.05) is 30.3 Å². The van der Waals surface area contributed by atoms with Gasteiger partial charge in [-0.05, 0) is 17.7 Å². The van der Waals surface area contributed by atoms with Gasteiger partial charge in [0, 0.05) is 12.6 Å². The van der Waals surface area contributed by atoms with E-state index in [-0.39, 0.29) is 29.2 Å². The lowest BCUT2D eigenvalue weighted by atomic mass is 9.89. The number of allylic oxidation sites excluding steroid dienone is 1. The average molecular weight is 404 g/mol. The number of benzene rings is 1. The lowest BCUT2D eigenvalue weighted by molar-refractivity contribution is 0.0699. The quantitative estimate of drug-likeness (QED) is 0.538. The topological polar surface area (TPSA) is 111 Å². The molecule has 8 nitrogen and oxygen atoms in total. The Morgan fingerprint density at radius 2 is 1.73 bits per heavy atom. The van der Waals surface area contributed by atoms with Gasteiger partial charge in [0.05, 0.1) is 11.1 Å². The molecule has 1 aliphatic carbocycles. The molecule has 2 N–H and O–H groups in total. The van der Waals surface area contributed by atoms with Gasteiger partial charge in [0.1, 0.15) is 23.6 Å². The number of hydrogen-bond donors (Lipinski definition) is 2. The first kappa shape index (κ1) is 18.0. The first-order valence-electron chi connectivity index (χ1n) is 9.27. The summed E-state index contributed by atoms with van der Waals surface area (Å²) in [5, 5.41) is 21.9. The zero-order chi connectivity index (χ0) is 20.8. The number of pyridine rings is 1. The van der Waals surface area contributed by atoms with Crippen LogP contribution in [-0.2, 0) is 15.9 Å². The Morgan fingerprint density at radius 1 is 1.00 bits per heavy atom. The van der Waals surface area contributed by atoms with Gasteiger partial charge in [0.15, 0.2) is 5.76 Å². The van der Waals surface area contributed by atoms with E-state index in [0.29, 0.717) is 12.2 Å². The van der Waals surface area contributed by atoms with Crippen LogP contribution in [0.25, 0.3) is 0 Å². The molecule has 5 rings (SSSR count). The maximum Gasteiger partial charge on any atom is 0.229 e. The third-order valence-electron chi connectivity index (χ3n) is 5.28. The number of ether oxygens (including phenoxy) is 2. The number of fused-ring (bicyclic) bond motifs is 2. The fraction of sp³-hybridized carbons (Fsp3) is 0.136. The van der Waals surface area contributed by atoms with Gasteiger partial charge in [0.2, 0.25) is 30.1 Å². The van der Waals surface area contributed by atoms with E-state index in [1.807, 2.05) is 30.3 Å². The predicted octanol–water partition coefficient (Wildman–Crippen LogP) is 2.70. The number of aromatic hydroxyl groups is 2. The van der Waals surface area contributed by atoms with Crippen LogP contribution in [0.1, 0.15) is 43.6 Å². The first-order valence-corrected chi connectivity index (χ1v) is 9.27. The third-order valence-corrected chi connectivity index (χ3v) is 5.28. The Kier molecular flexibility index (Phi) is 4.06. The van der Waals surface area contributed by atoms with Crippen LogP contribution >= 0.6 is 0 Å². The molecule has 1 aromatic carbocycles. The monoisotopic (exact) mass is 404 g/mol. The molecule has 0 spiro atoms. The van der Waals surface area contributed by atoms with Crippen molar-refractivity contribution in [2.75, 3.05) is 6.79 Å². The van der Waals surface area contributed by atoms with E-state index in [4.69, 9.17) is 9.47 Å². The van der Waals surface area contributed by atoms with E-state index in [1.165, 1.54) is 24.6 Å². The van der Waals surface area contributed by atoms with Crippen LogP contribution in [0.2, 0.25) is 0 Å². The van der Waals surface area contributed by atoms with Crippen molar-refractivity contribution in [3.05, 3.63) is 88.6 Å². The number of rotatable bonds is 4. The van der Waals surface area contributed by atoms with Gasteiger partial charge in [0.25, 0.3) is 0 Å². The summed E-state index contributed by atoms with van der Waals surface area (Å²) in [5.74, 6) is -1.87. The summed E-state index contributed by atoms with van der Waals surface area (Å²) in [5.41, 5.74) is 0.423. The molecule has 1 aliphatic heterocycles. The predicted molar refractivity (Wildman–Crippen MR) is 103 cm³/mol. The van der Waals surface area contributed by atoms with Crippen molar-refractivity contribution in [3.63, 3.8) is 0 Å². The molecule has 2 aliphatic rings. The number of carbonyl (C=O) groups is 2. The summed E-state index contributed by atoms with van der Waals surface area (Å²) in [6, 6.07) is 11.6. The minimum atomic E-state index is -0.739. The molecule has 30 heavy (non-hydrogen) atoms. The highest BCUT2D eigenvalue weighted by molar-refractivity contribution is 6.29. The van der Waals surface area contributed by atoms with Crippen LogP contribution in [0.4, 0.5) is 0 Å². The van der Waals surface area contributed by atoms with Gasteiger partial charge in [-0.3, -0.25) is 19.1 Å². The van der Waals surface area contributed by atoms with Crippen molar-refractivity contribution in [2.24, 2.45) is 0 Å². The smallest absolute Gasteiger partial charge is 0.229 e. The fourth-order valence-electron chi connectivity index (χ4n) is 3.90. The van der Waals surface area contributed by atoms with Gasteiger partial charge >= 0.3 is 0 Å². The lowest BCUT2D eigenvalue weighted by Crippen LogP contribution is -2.20. The average Bonchev–Trinajstić information content (AvgIpc) is 3.38. The second kappa shape index (κ2) is 6.77. The minimum absolute atomic E-state index is 0.00362. The highest BCUT2D eigenvalue weighted by Gasteiger charge is 2.41. The molecule has 150 valence electrons. The van der Waals surface area contributed by atoms with Crippen molar-refractivity contribution in [1.29, 1.82) is 0 Å². The summed E-state index contributed by atoms with van der Waals surface area (Å²) < 4.78 is 11.8. The van der Waals surface area contributed by atoms with Crippen molar-refractivity contribution >= 4 is 11.6 Å². The summed E-state index contributed by atoms with van der Waals surface area (Å²) >= 11 is 0. The van der Waals surface area contributed by atoms with Crippen LogP contribution in [0.3, 0.4) is 0 Å². The van der Waals surface area contributed by atoms with Crippen LogP contribution in [0.5, 0.6) is 11.8 Å². The Morgan fingerprint density at radius 3 is 2.43 bits per heavy atom. The van der Waals surface area contributed by atoms with Crippen molar-refractivity contribution < 1.29 is 29.3 Å². The molecule has 3 aromatic rings. The van der Waals surface area contributed by atoms with E-state index >= 15 is 0 Å². The molecular weight excluding hydrogens is 388 g/mol. The zero-order valence-corrected chi connectivity index (χ0v) is 15.6. The van der Waals surface area contributed by atoms with Crippen LogP contribution < -0.4 is 0 Å². The van der Waals surface area contributed by atoms with Crippen molar-refractivity contribution in [2.45, 2.75) is 12.5 Å². The normalized spacial score (nSPS) is 15.7. The summed E-state index contributed by atoms with van der Waals surface area (Å²) in [6.45, 7) is -0.00362. The van der Waals surface area contributed by atoms with Crippen molar-refractivity contribution in [1.82, 2.24) is 9.55 Å². The van der Waals surface area contributed by atoms with E-state index < -0.39 is 29.4 Å². The molecule has 0 saturated heterocycles. The highest BCUT2D eigenvalue weighted by Crippen LogP contribution is 2.44. The molecule has 1 unspecified atom stereocenters. The molecule has 3 heterocycles. The zero-order valence-electron chi connectivity index (χ0n) is 15.6. The van der Waals surface area contributed by atoms with Crippen LogP contribution in [0, 0.1) is 0 Å². The Balaban J connectivity index is 1.69. The third kappa shape index (κ3) is 2.57. The maximum absolute atomic E-state index is 13.0. The number of hydrogen-bond acceptors (Lipinski definition) is 7. The molecular formula is C22H16N2O6. The summed E-state index contributed by atoms with van der Waals surface area (Å²) in [6.07, 6.45) is 3.11. The molecule has 0 saturated carbocycles. The lowest BCUT2D eigenvalue weighted by Gasteiger charge is -2.20. The SMILES string of the molecule is O=C1c2cccnc2C(=O)c2c1c(O)n(C(Cc1ccccc1)C1=COCO1)c2O. The molecule has 0 fully saturated rings. The second-order valence-electron chi connectivity index (χ2n) is 6.98. The van der Waals surface area contributed by atoms with Crippen LogP contribution in [0.15, 0.2) is 60.7 Å². The number of ketones is 2. The molecule has 0 radical (unpaired) electrons. The molecule has 0 amide bonds. The first-order chi connectivity index (χ1) is 14.6. The molecule has 2 aromatic heterocycles. The number of aromatic nitrogens is 2. The van der Waals surface area contributed by atoms with Gasteiger partial charge in [-0.2, -0.15) is 0 Å². The van der Waals surface area contributed by atoms with E-state index in [0.717, 1.165) is 10.1 Å². The van der Waals surface area contributed by atoms with Gasteiger partial charge < -0.3 is 19.7 Å². The number of nitrogens with zero attached hydrogens (tertiary/aromatic N) is 2. The second-order valence-corrected chi connectivity index (χ2v) is 6.98. The summed E-state index contributed by atoms with van der Waals surface area (Å²) in [7, 11) is 0. The Bertz CT molecular complexity index is 1150. The summed E-state index contributed by atoms with van der Waals surface area (Å²) in [4.78, 5) is 30.0. The molecule has 8 heteroatoms. The maximum atomic E-state index is 13.0. The van der Waals surface area contributed by atoms with Crippen molar-refractivity contribution in [3.8, 4) is 11.8 Å². The number of carbonyl (C=O) groups excluding carboxylic acids is 2. The van der Waals surface area contributed by atoms with E-state index in [1.54, 1.807) is 0 Å². The fourth-order valence-corrected chi connectivity index (χ4v) is 3.90. The molecule has 0 bridgehead atoms. The minimum Gasteiger partial charge on any atom is -0.494 e. The Hall–Kier alpha value is -4.07. The van der Waals surface area contributed by atoms with Gasteiger partial charge in [-0.25, -0.2) is 0 Å². The largest absolute Gasteiger partial charge is 0.494 e. The van der Waals surface area contributed by atoms with E-state index in [2.05, 4.69) is 4.98 Å². The Labute approximate surface area is 170 Å². The molecule has 1 atom stereocenters. The standard InChI is InChI=1S/C22H16N2O6/c25-19-13-7-4-8-23-18(13)20(26)17-16(19)21(27)24(22(17)28)14(15-10-29-11-30-15)9-12-5-2-1-3-6-12/h1-8,10,14,27-28H,9,11H2. The van der Waals surface area contributed by atoms with Gasteiger partial charge in [-0.15, -0.1) is 0 Å².